The average Bonchev–Trinajstić information content (AvgIpc) is 2.12. The first-order chi connectivity index (χ1) is 7.31. The summed E-state index contributed by atoms with van der Waals surface area (Å²) in [5.74, 6) is 0.689. The lowest BCUT2D eigenvalue weighted by Gasteiger charge is -2.15. The van der Waals surface area contributed by atoms with Gasteiger partial charge in [0.1, 0.15) is 0 Å². The summed E-state index contributed by atoms with van der Waals surface area (Å²) in [6, 6.07) is 0.410. The maximum absolute atomic E-state index is 11.8. The van der Waals surface area contributed by atoms with Crippen LogP contribution < -0.4 is 5.32 Å². The maximum Gasteiger partial charge on any atom is 0.389 e. The second-order valence-electron chi connectivity index (χ2n) is 4.90. The highest BCUT2D eigenvalue weighted by atomic mass is 19.4. The molecule has 0 aliphatic carbocycles. The lowest BCUT2D eigenvalue weighted by atomic mass is 10.0. The van der Waals surface area contributed by atoms with E-state index in [0.29, 0.717) is 24.9 Å². The summed E-state index contributed by atoms with van der Waals surface area (Å²) in [6.45, 7) is 7.13. The number of rotatable bonds is 8. The first-order valence-corrected chi connectivity index (χ1v) is 6.11. The minimum Gasteiger partial charge on any atom is -0.314 e. The van der Waals surface area contributed by atoms with Gasteiger partial charge in [-0.2, -0.15) is 13.2 Å². The van der Waals surface area contributed by atoms with Gasteiger partial charge in [0.15, 0.2) is 0 Å². The molecule has 0 saturated heterocycles. The van der Waals surface area contributed by atoms with Crippen LogP contribution in [0.1, 0.15) is 52.9 Å². The van der Waals surface area contributed by atoms with E-state index in [-0.39, 0.29) is 6.42 Å². The van der Waals surface area contributed by atoms with E-state index in [1.54, 1.807) is 0 Å². The second-order valence-corrected chi connectivity index (χ2v) is 4.90. The Labute approximate surface area is 96.8 Å². The van der Waals surface area contributed by atoms with Crippen LogP contribution in [0, 0.1) is 5.92 Å². The van der Waals surface area contributed by atoms with Crippen LogP contribution in [0.2, 0.25) is 0 Å². The standard InChI is InChI=1S/C12H24F3N/c1-10(2)6-7-11(3)16-9-5-4-8-12(13,14)15/h10-11,16H,4-9H2,1-3H3. The molecule has 0 aliphatic heterocycles. The van der Waals surface area contributed by atoms with Crippen molar-refractivity contribution in [3.8, 4) is 0 Å². The van der Waals surface area contributed by atoms with Gasteiger partial charge in [0.05, 0.1) is 0 Å². The Morgan fingerprint density at radius 2 is 1.62 bits per heavy atom. The van der Waals surface area contributed by atoms with Gasteiger partial charge in [-0.25, -0.2) is 0 Å². The predicted molar refractivity (Wildman–Crippen MR) is 61.4 cm³/mol. The largest absolute Gasteiger partial charge is 0.389 e. The molecule has 0 aliphatic rings. The number of unbranched alkanes of at least 4 members (excludes halogenated alkanes) is 1. The van der Waals surface area contributed by atoms with Crippen molar-refractivity contribution in [2.45, 2.75) is 65.1 Å². The van der Waals surface area contributed by atoms with E-state index in [1.807, 2.05) is 0 Å². The van der Waals surface area contributed by atoms with E-state index in [0.717, 1.165) is 12.8 Å². The Morgan fingerprint density at radius 1 is 1.00 bits per heavy atom. The second kappa shape index (κ2) is 7.93. The summed E-state index contributed by atoms with van der Waals surface area (Å²) in [6.07, 6.45) is -1.56. The zero-order valence-electron chi connectivity index (χ0n) is 10.5. The van der Waals surface area contributed by atoms with Gasteiger partial charge in [0, 0.05) is 12.5 Å². The van der Waals surface area contributed by atoms with Gasteiger partial charge in [-0.15, -0.1) is 0 Å². The summed E-state index contributed by atoms with van der Waals surface area (Å²) in [7, 11) is 0. The molecule has 0 aromatic carbocycles. The topological polar surface area (TPSA) is 12.0 Å². The third kappa shape index (κ3) is 11.8. The fourth-order valence-electron chi connectivity index (χ4n) is 1.48. The molecule has 0 spiro atoms. The first-order valence-electron chi connectivity index (χ1n) is 6.11. The highest BCUT2D eigenvalue weighted by Crippen LogP contribution is 2.21. The van der Waals surface area contributed by atoms with E-state index >= 15 is 0 Å². The lowest BCUT2D eigenvalue weighted by Crippen LogP contribution is -2.27. The van der Waals surface area contributed by atoms with E-state index in [1.165, 1.54) is 0 Å². The zero-order chi connectivity index (χ0) is 12.6. The number of nitrogens with one attached hydrogen (secondary N) is 1. The van der Waals surface area contributed by atoms with Gasteiger partial charge in [-0.3, -0.25) is 0 Å². The van der Waals surface area contributed by atoms with Crippen molar-refractivity contribution >= 4 is 0 Å². The fourth-order valence-corrected chi connectivity index (χ4v) is 1.48. The maximum atomic E-state index is 11.8. The predicted octanol–water partition coefficient (Wildman–Crippen LogP) is 4.13. The molecule has 1 nitrogen and oxygen atoms in total. The summed E-state index contributed by atoms with van der Waals surface area (Å²) in [4.78, 5) is 0. The van der Waals surface area contributed by atoms with Crippen molar-refractivity contribution in [2.24, 2.45) is 5.92 Å². The third-order valence-corrected chi connectivity index (χ3v) is 2.56. The molecule has 1 unspecified atom stereocenters. The van der Waals surface area contributed by atoms with Crippen LogP contribution in [0.5, 0.6) is 0 Å². The summed E-state index contributed by atoms with van der Waals surface area (Å²) in [5, 5.41) is 3.26. The molecule has 0 heterocycles. The van der Waals surface area contributed by atoms with Gasteiger partial charge in [-0.1, -0.05) is 13.8 Å². The van der Waals surface area contributed by atoms with Crippen LogP contribution in [0.3, 0.4) is 0 Å². The first kappa shape index (κ1) is 15.8. The quantitative estimate of drug-likeness (QED) is 0.628. The Morgan fingerprint density at radius 3 is 2.12 bits per heavy atom. The van der Waals surface area contributed by atoms with Crippen molar-refractivity contribution in [3.63, 3.8) is 0 Å². The molecule has 98 valence electrons. The monoisotopic (exact) mass is 239 g/mol. The Kier molecular flexibility index (Phi) is 7.81. The van der Waals surface area contributed by atoms with Crippen LogP contribution in [-0.2, 0) is 0 Å². The van der Waals surface area contributed by atoms with Crippen LogP contribution in [0.25, 0.3) is 0 Å². The third-order valence-electron chi connectivity index (χ3n) is 2.56. The molecule has 0 rings (SSSR count). The minimum atomic E-state index is -4.00. The highest BCUT2D eigenvalue weighted by molar-refractivity contribution is 4.62. The number of hydrogen-bond acceptors (Lipinski definition) is 1. The van der Waals surface area contributed by atoms with Gasteiger partial charge in [0.25, 0.3) is 0 Å². The molecule has 0 aromatic heterocycles. The van der Waals surface area contributed by atoms with Crippen LogP contribution in [0.15, 0.2) is 0 Å². The van der Waals surface area contributed by atoms with Crippen LogP contribution >= 0.6 is 0 Å². The van der Waals surface area contributed by atoms with Crippen LogP contribution in [-0.4, -0.2) is 18.8 Å². The fraction of sp³-hybridized carbons (Fsp3) is 1.00. The summed E-state index contributed by atoms with van der Waals surface area (Å²) in [5.41, 5.74) is 0. The molecule has 0 aromatic rings. The Hall–Kier alpha value is -0.250. The zero-order valence-corrected chi connectivity index (χ0v) is 10.5. The Bertz CT molecular complexity index is 166. The van der Waals surface area contributed by atoms with Gasteiger partial charge in [-0.05, 0) is 45.1 Å². The van der Waals surface area contributed by atoms with Crippen molar-refractivity contribution in [3.05, 3.63) is 0 Å². The van der Waals surface area contributed by atoms with Crippen molar-refractivity contribution in [1.82, 2.24) is 5.32 Å². The van der Waals surface area contributed by atoms with E-state index in [4.69, 9.17) is 0 Å². The van der Waals surface area contributed by atoms with Gasteiger partial charge >= 0.3 is 6.18 Å². The molecule has 16 heavy (non-hydrogen) atoms. The molecule has 0 amide bonds. The molecule has 0 bridgehead atoms. The normalized spacial score (nSPS) is 14.4. The summed E-state index contributed by atoms with van der Waals surface area (Å²) >= 11 is 0. The van der Waals surface area contributed by atoms with Crippen LogP contribution in [0.4, 0.5) is 13.2 Å². The van der Waals surface area contributed by atoms with Crippen molar-refractivity contribution in [1.29, 1.82) is 0 Å². The van der Waals surface area contributed by atoms with E-state index < -0.39 is 12.6 Å². The van der Waals surface area contributed by atoms with Gasteiger partial charge in [0.2, 0.25) is 0 Å². The molecule has 1 N–H and O–H groups in total. The lowest BCUT2D eigenvalue weighted by molar-refractivity contribution is -0.135. The smallest absolute Gasteiger partial charge is 0.314 e. The van der Waals surface area contributed by atoms with E-state index in [2.05, 4.69) is 26.1 Å². The number of hydrogen-bond donors (Lipinski definition) is 1. The molecule has 4 heteroatoms. The molecule has 0 fully saturated rings. The van der Waals surface area contributed by atoms with Crippen molar-refractivity contribution < 1.29 is 13.2 Å². The highest BCUT2D eigenvalue weighted by Gasteiger charge is 2.25. The minimum absolute atomic E-state index is 0.230. The molecule has 0 radical (unpaired) electrons. The molecule has 0 saturated carbocycles. The molecular weight excluding hydrogens is 215 g/mol. The average molecular weight is 239 g/mol. The van der Waals surface area contributed by atoms with Gasteiger partial charge < -0.3 is 5.32 Å². The number of halogens is 3. The van der Waals surface area contributed by atoms with Crippen molar-refractivity contribution in [2.75, 3.05) is 6.54 Å². The molecular formula is C12H24F3N. The number of alkyl halides is 3. The Balaban J connectivity index is 3.31. The summed E-state index contributed by atoms with van der Waals surface area (Å²) < 4.78 is 35.5. The van der Waals surface area contributed by atoms with E-state index in [9.17, 15) is 13.2 Å². The molecule has 1 atom stereocenters. The SMILES string of the molecule is CC(C)CCC(C)NCCCCC(F)(F)F.